The van der Waals surface area contributed by atoms with Gasteiger partial charge >= 0.3 is 0 Å². The Bertz CT molecular complexity index is 894. The van der Waals surface area contributed by atoms with Crippen LogP contribution in [-0.4, -0.2) is 37.9 Å². The van der Waals surface area contributed by atoms with E-state index in [-0.39, 0.29) is 10.6 Å². The Hall–Kier alpha value is -2.13. The van der Waals surface area contributed by atoms with E-state index in [1.807, 2.05) is 11.0 Å². The van der Waals surface area contributed by atoms with E-state index < -0.39 is 15.9 Å². The maximum atomic E-state index is 12.3. The molecule has 0 saturated heterocycles. The Morgan fingerprint density at radius 1 is 1.24 bits per heavy atom. The molecule has 1 saturated carbocycles. The van der Waals surface area contributed by atoms with Gasteiger partial charge in [-0.05, 0) is 43.4 Å². The Morgan fingerprint density at radius 3 is 2.48 bits per heavy atom. The number of aromatic nitrogens is 2. The molecular formula is C16H17N3O4S2. The third kappa shape index (κ3) is 3.93. The molecule has 0 radical (unpaired) electrons. The standard InChI is InChI=1S/C16H17N3O4S2/c1-23-14-9-13(17-18-15(14)10-3-4-10)16(20)19-25(21,22)12-7-5-11(24-2)6-8-12/h5-10H,3-4H2,1-2H3,(H,19,20). The van der Waals surface area contributed by atoms with E-state index in [1.54, 1.807) is 12.1 Å². The summed E-state index contributed by atoms with van der Waals surface area (Å²) in [4.78, 5) is 13.2. The van der Waals surface area contributed by atoms with Crippen LogP contribution in [0, 0.1) is 0 Å². The van der Waals surface area contributed by atoms with Crippen LogP contribution in [0.3, 0.4) is 0 Å². The van der Waals surface area contributed by atoms with E-state index in [4.69, 9.17) is 4.74 Å². The van der Waals surface area contributed by atoms with Crippen molar-refractivity contribution >= 4 is 27.7 Å². The molecule has 0 spiro atoms. The highest BCUT2D eigenvalue weighted by Gasteiger charge is 2.30. The molecule has 9 heteroatoms. The number of ether oxygens (including phenoxy) is 1. The summed E-state index contributed by atoms with van der Waals surface area (Å²) in [5.41, 5.74) is 0.597. The lowest BCUT2D eigenvalue weighted by Crippen LogP contribution is -2.31. The summed E-state index contributed by atoms with van der Waals surface area (Å²) in [7, 11) is -2.50. The average Bonchev–Trinajstić information content (AvgIpc) is 3.45. The van der Waals surface area contributed by atoms with Gasteiger partial charge in [0.2, 0.25) is 0 Å². The van der Waals surface area contributed by atoms with E-state index in [1.165, 1.54) is 37.1 Å². The summed E-state index contributed by atoms with van der Waals surface area (Å²) in [6, 6.07) is 7.67. The maximum Gasteiger partial charge on any atom is 0.285 e. The van der Waals surface area contributed by atoms with E-state index >= 15 is 0 Å². The van der Waals surface area contributed by atoms with Crippen LogP contribution in [0.25, 0.3) is 0 Å². The van der Waals surface area contributed by atoms with Crippen LogP contribution in [0.2, 0.25) is 0 Å². The number of methoxy groups -OCH3 is 1. The topological polar surface area (TPSA) is 98.2 Å². The fourth-order valence-corrected chi connectivity index (χ4v) is 3.66. The van der Waals surface area contributed by atoms with Crippen molar-refractivity contribution in [2.75, 3.05) is 13.4 Å². The number of hydrogen-bond acceptors (Lipinski definition) is 7. The van der Waals surface area contributed by atoms with Crippen molar-refractivity contribution in [1.29, 1.82) is 0 Å². The fourth-order valence-electron chi connectivity index (χ4n) is 2.29. The zero-order valence-electron chi connectivity index (χ0n) is 13.7. The SMILES string of the molecule is COc1cc(C(=O)NS(=O)(=O)c2ccc(SC)cc2)nnc1C1CC1. The Morgan fingerprint density at radius 2 is 1.92 bits per heavy atom. The monoisotopic (exact) mass is 379 g/mol. The zero-order valence-corrected chi connectivity index (χ0v) is 15.4. The highest BCUT2D eigenvalue weighted by atomic mass is 32.2. The van der Waals surface area contributed by atoms with Crippen molar-refractivity contribution in [1.82, 2.24) is 14.9 Å². The number of carbonyl (C=O) groups is 1. The third-order valence-electron chi connectivity index (χ3n) is 3.80. The molecular weight excluding hydrogens is 362 g/mol. The Kier molecular flexibility index (Phi) is 4.96. The molecule has 7 nitrogen and oxygen atoms in total. The number of nitrogens with one attached hydrogen (secondary N) is 1. The van der Waals surface area contributed by atoms with E-state index in [0.717, 1.165) is 17.7 Å². The molecule has 2 aromatic rings. The van der Waals surface area contributed by atoms with E-state index in [2.05, 4.69) is 10.2 Å². The van der Waals surface area contributed by atoms with Crippen molar-refractivity contribution < 1.29 is 17.9 Å². The summed E-state index contributed by atoms with van der Waals surface area (Å²) in [5.74, 6) is -0.0929. The first-order chi connectivity index (χ1) is 11.9. The number of thioether (sulfide) groups is 1. The highest BCUT2D eigenvalue weighted by Crippen LogP contribution is 2.42. The Balaban J connectivity index is 1.80. The lowest BCUT2D eigenvalue weighted by molar-refractivity contribution is 0.0975. The smallest absolute Gasteiger partial charge is 0.285 e. The van der Waals surface area contributed by atoms with Crippen LogP contribution < -0.4 is 9.46 Å². The van der Waals surface area contributed by atoms with Gasteiger partial charge in [-0.25, -0.2) is 13.1 Å². The minimum absolute atomic E-state index is 0.00757. The molecule has 0 aliphatic heterocycles. The number of rotatable bonds is 6. The van der Waals surface area contributed by atoms with Crippen LogP contribution in [0.1, 0.15) is 34.9 Å². The predicted molar refractivity (Wildman–Crippen MR) is 93.4 cm³/mol. The van der Waals surface area contributed by atoms with Gasteiger partial charge in [0.15, 0.2) is 5.69 Å². The quantitative estimate of drug-likeness (QED) is 0.768. The molecule has 1 aliphatic carbocycles. The molecule has 1 aromatic carbocycles. The fraction of sp³-hybridized carbons (Fsp3) is 0.312. The van der Waals surface area contributed by atoms with Gasteiger partial charge in [0.05, 0.1) is 12.0 Å². The third-order valence-corrected chi connectivity index (χ3v) is 5.89. The van der Waals surface area contributed by atoms with Crippen molar-refractivity contribution in [2.45, 2.75) is 28.6 Å². The number of sulfonamides is 1. The van der Waals surface area contributed by atoms with Gasteiger partial charge < -0.3 is 4.74 Å². The van der Waals surface area contributed by atoms with E-state index in [0.29, 0.717) is 17.4 Å². The molecule has 0 atom stereocenters. The van der Waals surface area contributed by atoms with Crippen LogP contribution >= 0.6 is 11.8 Å². The molecule has 1 aromatic heterocycles. The van der Waals surface area contributed by atoms with Crippen LogP contribution in [0.5, 0.6) is 5.75 Å². The first kappa shape index (κ1) is 17.7. The lowest BCUT2D eigenvalue weighted by atomic mass is 10.2. The molecule has 1 fully saturated rings. The zero-order chi connectivity index (χ0) is 18.0. The van der Waals surface area contributed by atoms with Crippen molar-refractivity contribution in [3.05, 3.63) is 41.7 Å². The van der Waals surface area contributed by atoms with Crippen molar-refractivity contribution in [2.24, 2.45) is 0 Å². The van der Waals surface area contributed by atoms with Gasteiger partial charge in [0.25, 0.3) is 15.9 Å². The lowest BCUT2D eigenvalue weighted by Gasteiger charge is -2.09. The molecule has 25 heavy (non-hydrogen) atoms. The second-order valence-corrected chi connectivity index (χ2v) is 8.13. The van der Waals surface area contributed by atoms with Gasteiger partial charge in [-0.1, -0.05) is 0 Å². The summed E-state index contributed by atoms with van der Waals surface area (Å²) in [6.45, 7) is 0. The van der Waals surface area contributed by atoms with Crippen molar-refractivity contribution in [3.63, 3.8) is 0 Å². The number of carbonyl (C=O) groups excluding carboxylic acids is 1. The van der Waals surface area contributed by atoms with E-state index in [9.17, 15) is 13.2 Å². The van der Waals surface area contributed by atoms with Crippen LogP contribution in [-0.2, 0) is 10.0 Å². The largest absolute Gasteiger partial charge is 0.495 e. The summed E-state index contributed by atoms with van der Waals surface area (Å²) in [5, 5.41) is 7.87. The minimum Gasteiger partial charge on any atom is -0.495 e. The molecule has 0 bridgehead atoms. The second kappa shape index (κ2) is 7.01. The highest BCUT2D eigenvalue weighted by molar-refractivity contribution is 7.98. The average molecular weight is 379 g/mol. The molecule has 1 N–H and O–H groups in total. The molecule has 1 aliphatic rings. The molecule has 1 heterocycles. The molecule has 0 unspecified atom stereocenters. The van der Waals surface area contributed by atoms with Gasteiger partial charge in [0, 0.05) is 16.9 Å². The minimum atomic E-state index is -3.98. The molecule has 132 valence electrons. The van der Waals surface area contributed by atoms with Gasteiger partial charge in [-0.3, -0.25) is 4.79 Å². The predicted octanol–water partition coefficient (Wildman–Crippen LogP) is 2.20. The first-order valence-corrected chi connectivity index (χ1v) is 10.3. The summed E-state index contributed by atoms with van der Waals surface area (Å²) >= 11 is 1.50. The van der Waals surface area contributed by atoms with Gasteiger partial charge in [0.1, 0.15) is 11.4 Å². The Labute approximate surface area is 150 Å². The van der Waals surface area contributed by atoms with Crippen molar-refractivity contribution in [3.8, 4) is 5.75 Å². The maximum absolute atomic E-state index is 12.3. The van der Waals surface area contributed by atoms with Crippen LogP contribution in [0.4, 0.5) is 0 Å². The van der Waals surface area contributed by atoms with Gasteiger partial charge in [-0.15, -0.1) is 16.9 Å². The molecule has 3 rings (SSSR count). The number of amides is 1. The van der Waals surface area contributed by atoms with Crippen LogP contribution in [0.15, 0.2) is 40.1 Å². The normalized spacial score (nSPS) is 14.2. The summed E-state index contributed by atoms with van der Waals surface area (Å²) in [6.07, 6.45) is 3.91. The number of nitrogens with zero attached hydrogens (tertiary/aromatic N) is 2. The number of benzene rings is 1. The summed E-state index contributed by atoms with van der Waals surface area (Å²) < 4.78 is 31.9. The molecule has 1 amide bonds. The second-order valence-electron chi connectivity index (χ2n) is 5.57. The van der Waals surface area contributed by atoms with Gasteiger partial charge in [-0.2, -0.15) is 5.10 Å². The first-order valence-electron chi connectivity index (χ1n) is 7.57. The number of hydrogen-bond donors (Lipinski definition) is 1.